The van der Waals surface area contributed by atoms with Gasteiger partial charge in [0.05, 0.1) is 16.9 Å². The lowest BCUT2D eigenvalue weighted by molar-refractivity contribution is -0.137. The number of benzene rings is 1. The van der Waals surface area contributed by atoms with Crippen LogP contribution < -0.4 is 5.32 Å². The van der Waals surface area contributed by atoms with E-state index in [1.807, 2.05) is 13.1 Å². The van der Waals surface area contributed by atoms with Crippen molar-refractivity contribution in [3.63, 3.8) is 0 Å². The van der Waals surface area contributed by atoms with E-state index in [9.17, 15) is 18.0 Å². The number of nitrogens with one attached hydrogen (secondary N) is 1. The monoisotopic (exact) mass is 319 g/mol. The highest BCUT2D eigenvalue weighted by molar-refractivity contribution is 6.04. The smallest absolute Gasteiger partial charge is 0.321 e. The zero-order valence-electron chi connectivity index (χ0n) is 12.1. The fraction of sp³-hybridized carbons (Fsp3) is 0.125. The van der Waals surface area contributed by atoms with Gasteiger partial charge < -0.3 is 9.72 Å². The van der Waals surface area contributed by atoms with E-state index in [0.29, 0.717) is 5.69 Å². The fourth-order valence-corrected chi connectivity index (χ4v) is 2.21. The van der Waals surface area contributed by atoms with Crippen LogP contribution in [0.5, 0.6) is 0 Å². The number of aryl methyl sites for hydroxylation is 1. The van der Waals surface area contributed by atoms with Crippen LogP contribution >= 0.6 is 0 Å². The second-order valence-electron chi connectivity index (χ2n) is 5.09. The van der Waals surface area contributed by atoms with Gasteiger partial charge in [-0.3, -0.25) is 4.79 Å². The maximum Gasteiger partial charge on any atom is 0.416 e. The number of hydrogen-bond acceptors (Lipinski definition) is 2. The molecule has 0 unspecified atom stereocenters. The first-order chi connectivity index (χ1) is 10.8. The zero-order valence-corrected chi connectivity index (χ0v) is 12.1. The van der Waals surface area contributed by atoms with Gasteiger partial charge in [-0.15, -0.1) is 0 Å². The largest absolute Gasteiger partial charge is 0.416 e. The molecule has 7 heteroatoms. The molecule has 1 aromatic carbocycles. The van der Waals surface area contributed by atoms with Gasteiger partial charge in [-0.05, 0) is 43.3 Å². The van der Waals surface area contributed by atoms with Crippen LogP contribution in [0, 0.1) is 6.92 Å². The molecule has 2 aromatic heterocycles. The standard InChI is InChI=1S/C16H12F3N3O/c1-10-8-22-9-13(6-7-14(22)20-10)21-15(23)11-2-4-12(5-3-11)16(17,18)19/h2-9H,1H3,(H,21,23). The summed E-state index contributed by atoms with van der Waals surface area (Å²) in [6.07, 6.45) is -0.917. The number of aromatic nitrogens is 2. The van der Waals surface area contributed by atoms with E-state index in [-0.39, 0.29) is 5.56 Å². The molecule has 0 spiro atoms. The molecule has 0 aliphatic rings. The van der Waals surface area contributed by atoms with Crippen molar-refractivity contribution in [3.05, 3.63) is 65.6 Å². The van der Waals surface area contributed by atoms with Gasteiger partial charge in [0.2, 0.25) is 0 Å². The molecule has 0 fully saturated rings. The Kier molecular flexibility index (Phi) is 3.55. The Morgan fingerprint density at radius 3 is 2.43 bits per heavy atom. The summed E-state index contributed by atoms with van der Waals surface area (Å²) in [6.45, 7) is 1.85. The van der Waals surface area contributed by atoms with Gasteiger partial charge in [-0.25, -0.2) is 4.98 Å². The molecule has 3 aromatic rings. The van der Waals surface area contributed by atoms with E-state index in [1.165, 1.54) is 0 Å². The molecule has 0 radical (unpaired) electrons. The van der Waals surface area contributed by atoms with Gasteiger partial charge in [0, 0.05) is 18.0 Å². The zero-order chi connectivity index (χ0) is 16.6. The lowest BCUT2D eigenvalue weighted by atomic mass is 10.1. The van der Waals surface area contributed by atoms with Crippen molar-refractivity contribution >= 4 is 17.2 Å². The van der Waals surface area contributed by atoms with E-state index < -0.39 is 17.6 Å². The number of carbonyl (C=O) groups is 1. The number of pyridine rings is 1. The van der Waals surface area contributed by atoms with Crippen molar-refractivity contribution in [2.75, 3.05) is 5.32 Å². The average molecular weight is 319 g/mol. The normalized spacial score (nSPS) is 11.7. The number of alkyl halides is 3. The molecule has 118 valence electrons. The second-order valence-corrected chi connectivity index (χ2v) is 5.09. The first kappa shape index (κ1) is 15.1. The third kappa shape index (κ3) is 3.18. The van der Waals surface area contributed by atoms with E-state index in [1.54, 1.807) is 22.7 Å². The molecular formula is C16H12F3N3O. The van der Waals surface area contributed by atoms with Crippen molar-refractivity contribution in [3.8, 4) is 0 Å². The van der Waals surface area contributed by atoms with Gasteiger partial charge >= 0.3 is 6.18 Å². The van der Waals surface area contributed by atoms with Crippen LogP contribution in [0.2, 0.25) is 0 Å². The van der Waals surface area contributed by atoms with Crippen LogP contribution in [0.3, 0.4) is 0 Å². The summed E-state index contributed by atoms with van der Waals surface area (Å²) >= 11 is 0. The number of rotatable bonds is 2. The Morgan fingerprint density at radius 1 is 1.09 bits per heavy atom. The number of amides is 1. The highest BCUT2D eigenvalue weighted by Gasteiger charge is 2.30. The van der Waals surface area contributed by atoms with E-state index >= 15 is 0 Å². The van der Waals surface area contributed by atoms with Crippen LogP contribution in [0.25, 0.3) is 5.65 Å². The molecule has 3 rings (SSSR count). The maximum atomic E-state index is 12.5. The number of halogens is 3. The Hall–Kier alpha value is -2.83. The molecule has 2 heterocycles. The van der Waals surface area contributed by atoms with E-state index in [2.05, 4.69) is 10.3 Å². The quantitative estimate of drug-likeness (QED) is 0.778. The minimum absolute atomic E-state index is 0.153. The van der Waals surface area contributed by atoms with Crippen molar-refractivity contribution in [2.24, 2.45) is 0 Å². The van der Waals surface area contributed by atoms with Crippen molar-refractivity contribution in [2.45, 2.75) is 13.1 Å². The third-order valence-corrected chi connectivity index (χ3v) is 3.30. The number of imidazole rings is 1. The van der Waals surface area contributed by atoms with Crippen molar-refractivity contribution < 1.29 is 18.0 Å². The number of fused-ring (bicyclic) bond motifs is 1. The van der Waals surface area contributed by atoms with Crippen LogP contribution in [-0.4, -0.2) is 15.3 Å². The minimum Gasteiger partial charge on any atom is -0.321 e. The highest BCUT2D eigenvalue weighted by atomic mass is 19.4. The average Bonchev–Trinajstić information content (AvgIpc) is 2.86. The lowest BCUT2D eigenvalue weighted by Crippen LogP contribution is -2.13. The summed E-state index contributed by atoms with van der Waals surface area (Å²) < 4.78 is 39.3. The van der Waals surface area contributed by atoms with Gasteiger partial charge in [-0.2, -0.15) is 13.2 Å². The lowest BCUT2D eigenvalue weighted by Gasteiger charge is -2.08. The second kappa shape index (κ2) is 5.42. The Morgan fingerprint density at radius 2 is 1.78 bits per heavy atom. The van der Waals surface area contributed by atoms with Crippen molar-refractivity contribution in [1.82, 2.24) is 9.38 Å². The summed E-state index contributed by atoms with van der Waals surface area (Å²) in [4.78, 5) is 16.4. The molecule has 0 aliphatic carbocycles. The predicted molar refractivity (Wildman–Crippen MR) is 79.3 cm³/mol. The molecule has 0 bridgehead atoms. The molecule has 4 nitrogen and oxygen atoms in total. The third-order valence-electron chi connectivity index (χ3n) is 3.30. The van der Waals surface area contributed by atoms with Crippen molar-refractivity contribution in [1.29, 1.82) is 0 Å². The van der Waals surface area contributed by atoms with Crippen LogP contribution in [0.4, 0.5) is 18.9 Å². The first-order valence-electron chi connectivity index (χ1n) is 6.77. The number of carbonyl (C=O) groups excluding carboxylic acids is 1. The SMILES string of the molecule is Cc1cn2cc(NC(=O)c3ccc(C(F)(F)F)cc3)ccc2n1. The summed E-state index contributed by atoms with van der Waals surface area (Å²) in [5.74, 6) is -0.477. The Bertz CT molecular complexity index is 866. The van der Waals surface area contributed by atoms with Crippen LogP contribution in [0.15, 0.2) is 48.8 Å². The molecular weight excluding hydrogens is 307 g/mol. The van der Waals surface area contributed by atoms with Gasteiger partial charge in [0.1, 0.15) is 5.65 Å². The molecule has 23 heavy (non-hydrogen) atoms. The van der Waals surface area contributed by atoms with Crippen LogP contribution in [0.1, 0.15) is 21.6 Å². The van der Waals surface area contributed by atoms with Crippen LogP contribution in [-0.2, 0) is 6.18 Å². The predicted octanol–water partition coefficient (Wildman–Crippen LogP) is 3.91. The Labute approximate surface area is 129 Å². The molecule has 0 saturated heterocycles. The number of hydrogen-bond donors (Lipinski definition) is 1. The first-order valence-corrected chi connectivity index (χ1v) is 6.77. The highest BCUT2D eigenvalue weighted by Crippen LogP contribution is 2.29. The molecule has 0 aliphatic heterocycles. The molecule has 0 atom stereocenters. The molecule has 1 amide bonds. The topological polar surface area (TPSA) is 46.4 Å². The fourth-order valence-electron chi connectivity index (χ4n) is 2.21. The summed E-state index contributed by atoms with van der Waals surface area (Å²) in [6, 6.07) is 7.50. The van der Waals surface area contributed by atoms with Gasteiger partial charge in [0.15, 0.2) is 0 Å². The number of anilines is 1. The molecule has 0 saturated carbocycles. The van der Waals surface area contributed by atoms with E-state index in [4.69, 9.17) is 0 Å². The number of nitrogens with zero attached hydrogens (tertiary/aromatic N) is 2. The molecule has 1 N–H and O–H groups in total. The summed E-state index contributed by atoms with van der Waals surface area (Å²) in [7, 11) is 0. The maximum absolute atomic E-state index is 12.5. The van der Waals surface area contributed by atoms with E-state index in [0.717, 1.165) is 35.6 Å². The summed E-state index contributed by atoms with van der Waals surface area (Å²) in [5.41, 5.74) is 1.48. The Balaban J connectivity index is 1.79. The summed E-state index contributed by atoms with van der Waals surface area (Å²) in [5, 5.41) is 2.65. The van der Waals surface area contributed by atoms with Gasteiger partial charge in [-0.1, -0.05) is 0 Å². The van der Waals surface area contributed by atoms with Gasteiger partial charge in [0.25, 0.3) is 5.91 Å². The minimum atomic E-state index is -4.42.